The summed E-state index contributed by atoms with van der Waals surface area (Å²) in [5, 5.41) is 9.68. The van der Waals surface area contributed by atoms with Gasteiger partial charge < -0.3 is 10.5 Å². The molecular weight excluding hydrogens is 288 g/mol. The Kier molecular flexibility index (Phi) is 4.62. The minimum absolute atomic E-state index is 0.0198. The number of rotatable bonds is 4. The van der Waals surface area contributed by atoms with Crippen LogP contribution in [0.1, 0.15) is 41.1 Å². The van der Waals surface area contributed by atoms with Crippen LogP contribution in [0.25, 0.3) is 0 Å². The van der Waals surface area contributed by atoms with Crippen molar-refractivity contribution >= 4 is 5.91 Å². The first-order valence-corrected chi connectivity index (χ1v) is 7.82. The van der Waals surface area contributed by atoms with Crippen molar-refractivity contribution in [1.82, 2.24) is 10.9 Å². The lowest BCUT2D eigenvalue weighted by Gasteiger charge is -2.23. The molecule has 1 aliphatic rings. The highest BCUT2D eigenvalue weighted by Gasteiger charge is 2.17. The summed E-state index contributed by atoms with van der Waals surface area (Å²) in [6.07, 6.45) is 5.03. The summed E-state index contributed by atoms with van der Waals surface area (Å²) in [7, 11) is 0. The van der Waals surface area contributed by atoms with Crippen molar-refractivity contribution < 1.29 is 9.90 Å². The van der Waals surface area contributed by atoms with Gasteiger partial charge in [-0.3, -0.25) is 10.2 Å². The van der Waals surface area contributed by atoms with E-state index in [1.54, 1.807) is 18.2 Å². The van der Waals surface area contributed by atoms with E-state index in [2.05, 4.69) is 41.2 Å². The molecule has 2 aromatic rings. The van der Waals surface area contributed by atoms with Gasteiger partial charge in [-0.25, -0.2) is 0 Å². The van der Waals surface area contributed by atoms with Crippen molar-refractivity contribution in [1.29, 1.82) is 0 Å². The Morgan fingerprint density at radius 3 is 2.48 bits per heavy atom. The maximum Gasteiger partial charge on any atom is 0.273 e. The number of phenolic OH excluding ortho intramolecular Hbond substituents is 1. The first-order chi connectivity index (χ1) is 11.2. The standard InChI is InChI=1S/C19H20N2O2/c22-18-9-5-4-8-17(18)19(23)21-20-16-12-10-15(11-13-16)14-6-2-1-3-7-14/h1-9,12,15,20,22H,10-11,13H2,(H,21,23). The van der Waals surface area contributed by atoms with Gasteiger partial charge in [0.25, 0.3) is 5.91 Å². The molecule has 0 radical (unpaired) electrons. The number of benzene rings is 2. The van der Waals surface area contributed by atoms with Gasteiger partial charge in [0.05, 0.1) is 5.56 Å². The molecule has 4 nitrogen and oxygen atoms in total. The van der Waals surface area contributed by atoms with E-state index in [-0.39, 0.29) is 17.2 Å². The van der Waals surface area contributed by atoms with Gasteiger partial charge in [-0.1, -0.05) is 48.5 Å². The zero-order chi connectivity index (χ0) is 16.1. The largest absolute Gasteiger partial charge is 0.507 e. The Hall–Kier alpha value is -2.75. The molecule has 3 N–H and O–H groups in total. The first kappa shape index (κ1) is 15.2. The van der Waals surface area contributed by atoms with Gasteiger partial charge in [0.15, 0.2) is 0 Å². The number of carbonyl (C=O) groups excluding carboxylic acids is 1. The van der Waals surface area contributed by atoms with Crippen molar-refractivity contribution in [3.63, 3.8) is 0 Å². The number of aromatic hydroxyl groups is 1. The highest BCUT2D eigenvalue weighted by molar-refractivity contribution is 5.96. The fourth-order valence-corrected chi connectivity index (χ4v) is 2.85. The molecule has 0 heterocycles. The summed E-state index contributed by atoms with van der Waals surface area (Å²) >= 11 is 0. The predicted molar refractivity (Wildman–Crippen MR) is 89.8 cm³/mol. The molecule has 1 amide bonds. The highest BCUT2D eigenvalue weighted by atomic mass is 16.3. The average molecular weight is 308 g/mol. The van der Waals surface area contributed by atoms with Crippen LogP contribution in [0.15, 0.2) is 66.4 Å². The number of hydrogen-bond acceptors (Lipinski definition) is 3. The predicted octanol–water partition coefficient (Wildman–Crippen LogP) is 3.48. The molecule has 0 saturated heterocycles. The SMILES string of the molecule is O=C(NNC1=CCC(c2ccccc2)CC1)c1ccccc1O. The minimum atomic E-state index is -0.339. The van der Waals surface area contributed by atoms with Gasteiger partial charge in [-0.15, -0.1) is 0 Å². The number of nitrogens with one attached hydrogen (secondary N) is 2. The number of phenols is 1. The summed E-state index contributed by atoms with van der Waals surface area (Å²) < 4.78 is 0. The van der Waals surface area contributed by atoms with Crippen LogP contribution in [0.4, 0.5) is 0 Å². The van der Waals surface area contributed by atoms with Crippen molar-refractivity contribution in [2.75, 3.05) is 0 Å². The molecule has 0 aliphatic heterocycles. The lowest BCUT2D eigenvalue weighted by Crippen LogP contribution is -2.37. The fourth-order valence-electron chi connectivity index (χ4n) is 2.85. The van der Waals surface area contributed by atoms with Crippen LogP contribution >= 0.6 is 0 Å². The molecule has 0 spiro atoms. The molecular formula is C19H20N2O2. The van der Waals surface area contributed by atoms with Crippen molar-refractivity contribution in [2.24, 2.45) is 0 Å². The monoisotopic (exact) mass is 308 g/mol. The van der Waals surface area contributed by atoms with E-state index < -0.39 is 0 Å². The summed E-state index contributed by atoms with van der Waals surface area (Å²) in [6, 6.07) is 17.0. The number of hydrogen-bond donors (Lipinski definition) is 3. The van der Waals surface area contributed by atoms with Crippen LogP contribution in [0.2, 0.25) is 0 Å². The lowest BCUT2D eigenvalue weighted by atomic mass is 9.87. The second kappa shape index (κ2) is 7.01. The molecule has 1 aliphatic carbocycles. The van der Waals surface area contributed by atoms with E-state index in [0.29, 0.717) is 5.92 Å². The molecule has 118 valence electrons. The Morgan fingerprint density at radius 1 is 1.04 bits per heavy atom. The van der Waals surface area contributed by atoms with Crippen LogP contribution in [0.5, 0.6) is 5.75 Å². The summed E-state index contributed by atoms with van der Waals surface area (Å²) in [4.78, 5) is 12.0. The second-order valence-electron chi connectivity index (χ2n) is 5.71. The van der Waals surface area contributed by atoms with Crippen LogP contribution in [0.3, 0.4) is 0 Å². The van der Waals surface area contributed by atoms with Crippen LogP contribution in [-0.4, -0.2) is 11.0 Å². The van der Waals surface area contributed by atoms with Crippen LogP contribution in [0, 0.1) is 0 Å². The van der Waals surface area contributed by atoms with Crippen LogP contribution in [-0.2, 0) is 0 Å². The number of carbonyl (C=O) groups is 1. The fraction of sp³-hybridized carbons (Fsp3) is 0.211. The summed E-state index contributed by atoms with van der Waals surface area (Å²) in [5.74, 6) is 0.179. The van der Waals surface area contributed by atoms with Gasteiger partial charge in [0.2, 0.25) is 0 Å². The van der Waals surface area contributed by atoms with E-state index in [1.165, 1.54) is 11.6 Å². The Bertz CT molecular complexity index is 710. The van der Waals surface area contributed by atoms with E-state index in [4.69, 9.17) is 0 Å². The second-order valence-corrected chi connectivity index (χ2v) is 5.71. The van der Waals surface area contributed by atoms with Crippen molar-refractivity contribution in [3.8, 4) is 5.75 Å². The maximum absolute atomic E-state index is 12.0. The number of para-hydroxylation sites is 1. The normalized spacial score (nSPS) is 17.2. The molecule has 23 heavy (non-hydrogen) atoms. The van der Waals surface area contributed by atoms with Gasteiger partial charge in [0, 0.05) is 5.70 Å². The molecule has 1 unspecified atom stereocenters. The number of hydrazine groups is 1. The quantitative estimate of drug-likeness (QED) is 0.758. The Labute approximate surface area is 135 Å². The highest BCUT2D eigenvalue weighted by Crippen LogP contribution is 2.30. The first-order valence-electron chi connectivity index (χ1n) is 7.82. The van der Waals surface area contributed by atoms with E-state index >= 15 is 0 Å². The van der Waals surface area contributed by atoms with Crippen LogP contribution < -0.4 is 10.9 Å². The van der Waals surface area contributed by atoms with Gasteiger partial charge in [0.1, 0.15) is 5.75 Å². The third-order valence-electron chi connectivity index (χ3n) is 4.17. The summed E-state index contributed by atoms with van der Waals surface area (Å²) in [6.45, 7) is 0. The Morgan fingerprint density at radius 2 is 1.78 bits per heavy atom. The van der Waals surface area contributed by atoms with E-state index in [9.17, 15) is 9.90 Å². The molecule has 2 aromatic carbocycles. The van der Waals surface area contributed by atoms with E-state index in [1.807, 2.05) is 6.07 Å². The maximum atomic E-state index is 12.0. The third kappa shape index (κ3) is 3.72. The van der Waals surface area contributed by atoms with Gasteiger partial charge in [-0.2, -0.15) is 0 Å². The van der Waals surface area contributed by atoms with Crippen molar-refractivity contribution in [3.05, 3.63) is 77.5 Å². The van der Waals surface area contributed by atoms with Gasteiger partial charge in [-0.05, 0) is 42.9 Å². The van der Waals surface area contributed by atoms with Gasteiger partial charge >= 0.3 is 0 Å². The zero-order valence-corrected chi connectivity index (χ0v) is 12.8. The molecule has 1 atom stereocenters. The molecule has 0 bridgehead atoms. The molecule has 0 fully saturated rings. The lowest BCUT2D eigenvalue weighted by molar-refractivity contribution is 0.0935. The molecule has 3 rings (SSSR count). The zero-order valence-electron chi connectivity index (χ0n) is 12.8. The summed E-state index contributed by atoms with van der Waals surface area (Å²) in [5.41, 5.74) is 8.26. The third-order valence-corrected chi connectivity index (χ3v) is 4.17. The van der Waals surface area contributed by atoms with Crippen molar-refractivity contribution in [2.45, 2.75) is 25.2 Å². The molecule has 0 aromatic heterocycles. The number of amides is 1. The van der Waals surface area contributed by atoms with E-state index in [0.717, 1.165) is 25.0 Å². The smallest absolute Gasteiger partial charge is 0.273 e. The Balaban J connectivity index is 1.55. The topological polar surface area (TPSA) is 61.4 Å². The molecule has 0 saturated carbocycles. The molecule has 4 heteroatoms. The minimum Gasteiger partial charge on any atom is -0.507 e. The number of allylic oxidation sites excluding steroid dienone is 2. The average Bonchev–Trinajstić information content (AvgIpc) is 2.61.